The summed E-state index contributed by atoms with van der Waals surface area (Å²) in [6, 6.07) is 83.1. The molecule has 16 rings (SSSR count). The summed E-state index contributed by atoms with van der Waals surface area (Å²) in [5, 5.41) is 2.13. The van der Waals surface area contributed by atoms with Crippen molar-refractivity contribution in [3.8, 4) is 33.8 Å². The van der Waals surface area contributed by atoms with Crippen LogP contribution in [0.1, 0.15) is 84.4 Å². The van der Waals surface area contributed by atoms with E-state index in [9.17, 15) is 0 Å². The molecule has 0 amide bonds. The zero-order chi connectivity index (χ0) is 49.6. The molecule has 1 aromatic heterocycles. The van der Waals surface area contributed by atoms with Gasteiger partial charge in [0.1, 0.15) is 22.7 Å². The summed E-state index contributed by atoms with van der Waals surface area (Å²) in [5.74, 6) is 3.76. The van der Waals surface area contributed by atoms with Gasteiger partial charge in [0, 0.05) is 55.9 Å². The Bertz CT molecular complexity index is 4090. The van der Waals surface area contributed by atoms with Gasteiger partial charge in [-0.3, -0.25) is 0 Å². The van der Waals surface area contributed by atoms with Crippen LogP contribution in [0.3, 0.4) is 0 Å². The van der Waals surface area contributed by atoms with Crippen LogP contribution in [-0.4, -0.2) is 0 Å². The van der Waals surface area contributed by atoms with Crippen molar-refractivity contribution in [3.05, 3.63) is 263 Å². The molecule has 0 radical (unpaired) electrons. The molecule has 11 aromatic rings. The van der Waals surface area contributed by atoms with Crippen LogP contribution in [0.25, 0.3) is 44.2 Å². The molecule has 0 saturated heterocycles. The first kappa shape index (κ1) is 42.9. The average Bonchev–Trinajstić information content (AvgIpc) is 4.46. The Morgan fingerprint density at radius 1 is 0.427 bits per heavy atom. The topological polar surface area (TPSA) is 28.9 Å². The molecule has 3 atom stereocenters. The molecule has 5 aliphatic rings. The Morgan fingerprint density at radius 2 is 1.04 bits per heavy atom. The number of anilines is 6. The van der Waals surface area contributed by atoms with Gasteiger partial charge in [-0.2, -0.15) is 0 Å². The summed E-state index contributed by atoms with van der Waals surface area (Å²) in [4.78, 5) is 4.92. The van der Waals surface area contributed by atoms with Gasteiger partial charge >= 0.3 is 0 Å². The van der Waals surface area contributed by atoms with Crippen LogP contribution >= 0.6 is 0 Å². The van der Waals surface area contributed by atoms with E-state index in [0.29, 0.717) is 11.8 Å². The zero-order valence-corrected chi connectivity index (χ0v) is 42.1. The van der Waals surface area contributed by atoms with Crippen LogP contribution in [0.4, 0.5) is 34.1 Å². The fourth-order valence-corrected chi connectivity index (χ4v) is 15.0. The van der Waals surface area contributed by atoms with Gasteiger partial charge in [0.15, 0.2) is 0 Å². The van der Waals surface area contributed by atoms with Crippen LogP contribution < -0.4 is 14.5 Å². The lowest BCUT2D eigenvalue weighted by molar-refractivity contribution is 0.387. The highest BCUT2D eigenvalue weighted by atomic mass is 16.5. The molecule has 360 valence electrons. The molecule has 4 heteroatoms. The van der Waals surface area contributed by atoms with Gasteiger partial charge in [-0.15, -0.1) is 0 Å². The van der Waals surface area contributed by atoms with E-state index in [0.717, 1.165) is 73.5 Å². The van der Waals surface area contributed by atoms with Gasteiger partial charge in [-0.05, 0) is 166 Å². The molecule has 2 saturated carbocycles. The minimum atomic E-state index is -0.599. The molecule has 2 heterocycles. The monoisotopic (exact) mass is 966 g/mol. The largest absolute Gasteiger partial charge is 0.456 e. The first-order valence-corrected chi connectivity index (χ1v) is 27.0. The van der Waals surface area contributed by atoms with E-state index in [4.69, 9.17) is 9.15 Å². The van der Waals surface area contributed by atoms with Crippen molar-refractivity contribution in [2.24, 2.45) is 11.8 Å². The first-order valence-electron chi connectivity index (χ1n) is 27.0. The lowest BCUT2D eigenvalue weighted by Crippen LogP contribution is -2.33. The van der Waals surface area contributed by atoms with Crippen molar-refractivity contribution in [1.29, 1.82) is 0 Å². The first-order chi connectivity index (χ1) is 36.9. The van der Waals surface area contributed by atoms with Gasteiger partial charge in [0.2, 0.25) is 0 Å². The van der Waals surface area contributed by atoms with Crippen molar-refractivity contribution >= 4 is 56.1 Å². The van der Waals surface area contributed by atoms with Crippen molar-refractivity contribution in [1.82, 2.24) is 0 Å². The van der Waals surface area contributed by atoms with E-state index in [1.165, 1.54) is 86.9 Å². The predicted octanol–water partition coefficient (Wildman–Crippen LogP) is 19.2. The summed E-state index contributed by atoms with van der Waals surface area (Å²) in [6.45, 7) is 4.70. The van der Waals surface area contributed by atoms with E-state index in [2.05, 4.69) is 248 Å². The van der Waals surface area contributed by atoms with Crippen LogP contribution in [0.15, 0.2) is 229 Å². The quantitative estimate of drug-likeness (QED) is 0.159. The van der Waals surface area contributed by atoms with Crippen LogP contribution in [0.2, 0.25) is 0 Å². The number of rotatable bonds is 7. The number of hydrogen-bond donors (Lipinski definition) is 0. The predicted molar refractivity (Wildman–Crippen MR) is 306 cm³/mol. The molecule has 10 aromatic carbocycles. The maximum absolute atomic E-state index is 7.41. The van der Waals surface area contributed by atoms with Gasteiger partial charge < -0.3 is 19.0 Å². The Morgan fingerprint density at radius 3 is 1.75 bits per heavy atom. The van der Waals surface area contributed by atoms with Gasteiger partial charge in [0.25, 0.3) is 0 Å². The fourth-order valence-electron chi connectivity index (χ4n) is 15.0. The minimum Gasteiger partial charge on any atom is -0.456 e. The van der Waals surface area contributed by atoms with Crippen LogP contribution in [0.5, 0.6) is 11.5 Å². The van der Waals surface area contributed by atoms with E-state index in [1.54, 1.807) is 0 Å². The Labute approximate surface area is 438 Å². The van der Waals surface area contributed by atoms with Crippen molar-refractivity contribution < 1.29 is 9.15 Å². The molecule has 3 unspecified atom stereocenters. The van der Waals surface area contributed by atoms with Gasteiger partial charge in [0.05, 0.1) is 16.5 Å². The highest BCUT2D eigenvalue weighted by Gasteiger charge is 2.53. The van der Waals surface area contributed by atoms with Gasteiger partial charge in [-0.25, -0.2) is 0 Å². The Balaban J connectivity index is 0.937. The molecule has 4 nitrogen and oxygen atoms in total. The second-order valence-electron chi connectivity index (χ2n) is 22.3. The standard InChI is InChI=1S/C71H54N2O2/c1-70(2)58-25-12-9-24-53(58)55-40-49(34-36-59(55)70)73(47-20-7-4-8-21-47)64-29-17-31-67-68(64)57-41-48(35-37-65(57)74-67)72(46-18-5-3-6-19-46)50-42-56(54-39-44-32-33-45(54)38-44)69-63(43-50)71(62-28-15-16-30-66(62)75-69)60-26-13-10-22-51(60)52-23-11-14-27-61(52)71/h3-31,34-37,40-45,54H,32-33,38-39H2,1-2H3. The molecule has 1 aliphatic heterocycles. The van der Waals surface area contributed by atoms with Crippen molar-refractivity contribution in [3.63, 3.8) is 0 Å². The number of ether oxygens (including phenoxy) is 1. The lowest BCUT2D eigenvalue weighted by atomic mass is 9.65. The smallest absolute Gasteiger partial charge is 0.137 e. The molecule has 2 fully saturated rings. The molecule has 4 aliphatic carbocycles. The summed E-state index contributed by atoms with van der Waals surface area (Å²) in [5.41, 5.74) is 21.8. The summed E-state index contributed by atoms with van der Waals surface area (Å²) in [6.07, 6.45) is 5.09. The molecular weight excluding hydrogens is 913 g/mol. The Kier molecular flexibility index (Phi) is 9.12. The van der Waals surface area contributed by atoms with E-state index < -0.39 is 5.41 Å². The Hall–Kier alpha value is -8.60. The molecule has 1 spiro atoms. The normalized spacial score (nSPS) is 18.5. The summed E-state index contributed by atoms with van der Waals surface area (Å²) < 4.78 is 14.3. The molecule has 2 bridgehead atoms. The summed E-state index contributed by atoms with van der Waals surface area (Å²) in [7, 11) is 0. The second kappa shape index (κ2) is 16.0. The molecule has 75 heavy (non-hydrogen) atoms. The third kappa shape index (κ3) is 6.05. The third-order valence-electron chi connectivity index (χ3n) is 18.2. The highest BCUT2D eigenvalue weighted by molar-refractivity contribution is 6.14. The van der Waals surface area contributed by atoms with Crippen LogP contribution in [0, 0.1) is 11.8 Å². The number of fused-ring (bicyclic) bond motifs is 17. The SMILES string of the molecule is CC1(C)c2ccccc2-c2cc(N(c3ccccc3)c3cccc4oc5ccc(N(c6ccccc6)c6cc(C7CC8CCC7C8)c7c(c6)C6(c8ccccc8O7)c7ccccc7-c7ccccc76)cc5c34)ccc21. The van der Waals surface area contributed by atoms with E-state index in [-0.39, 0.29) is 5.41 Å². The second-order valence-corrected chi connectivity index (χ2v) is 22.3. The third-order valence-corrected chi connectivity index (χ3v) is 18.2. The maximum atomic E-state index is 7.41. The van der Waals surface area contributed by atoms with Crippen molar-refractivity contribution in [2.75, 3.05) is 9.80 Å². The summed E-state index contributed by atoms with van der Waals surface area (Å²) >= 11 is 0. The average molecular weight is 967 g/mol. The fraction of sp³-hybridized carbons (Fsp3) is 0.155. The number of hydrogen-bond acceptors (Lipinski definition) is 4. The maximum Gasteiger partial charge on any atom is 0.137 e. The zero-order valence-electron chi connectivity index (χ0n) is 42.1. The van der Waals surface area contributed by atoms with Gasteiger partial charge in [-0.1, -0.05) is 160 Å². The van der Waals surface area contributed by atoms with E-state index >= 15 is 0 Å². The highest BCUT2D eigenvalue weighted by Crippen LogP contribution is 2.66. The number of benzene rings is 10. The molecular formula is C71H54N2O2. The van der Waals surface area contributed by atoms with E-state index in [1.807, 2.05) is 0 Å². The van der Waals surface area contributed by atoms with Crippen molar-refractivity contribution in [2.45, 2.75) is 56.3 Å². The lowest BCUT2D eigenvalue weighted by Gasteiger charge is -2.42. The van der Waals surface area contributed by atoms with Crippen LogP contribution in [-0.2, 0) is 10.8 Å². The number of nitrogens with zero attached hydrogens (tertiary/aromatic N) is 2. The molecule has 0 N–H and O–H groups in total. The number of para-hydroxylation sites is 3. The minimum absolute atomic E-state index is 0.0937. The number of furan rings is 1.